The molecule has 17 heavy (non-hydrogen) atoms. The maximum Gasteiger partial charge on any atom is 0.244 e. The van der Waals surface area contributed by atoms with Gasteiger partial charge in [0.05, 0.1) is 0 Å². The van der Waals surface area contributed by atoms with Crippen LogP contribution in [0.4, 0.5) is 0 Å². The fraction of sp³-hybridized carbons (Fsp3) is 0.357. The molecule has 0 radical (unpaired) electrons. The Morgan fingerprint density at radius 1 is 1.41 bits per heavy atom. The number of likely N-dealkylation sites (N-methyl/N-ethyl adjacent to an activating group) is 1. The van der Waals surface area contributed by atoms with E-state index in [-0.39, 0.29) is 5.91 Å². The van der Waals surface area contributed by atoms with E-state index in [1.807, 2.05) is 44.2 Å². The number of hydrogen-bond donors (Lipinski definition) is 1. The molecule has 1 rings (SSSR count). The molecule has 0 aliphatic rings. The average Bonchev–Trinajstić information content (AvgIpc) is 2.35. The highest BCUT2D eigenvalue weighted by Gasteiger charge is 2.20. The van der Waals surface area contributed by atoms with Gasteiger partial charge >= 0.3 is 0 Å². The Balaban J connectivity index is 2.77. The number of benzene rings is 1. The molecule has 1 aromatic rings. The topological polar surface area (TPSA) is 46.3 Å². The van der Waals surface area contributed by atoms with Gasteiger partial charge in [0, 0.05) is 13.1 Å². The molecule has 0 aliphatic heterocycles. The molecular formula is C14H20N2O. The number of carbonyl (C=O) groups is 1. The zero-order valence-electron chi connectivity index (χ0n) is 10.5. The number of amides is 1. The van der Waals surface area contributed by atoms with Gasteiger partial charge < -0.3 is 10.6 Å². The molecular weight excluding hydrogens is 212 g/mol. The van der Waals surface area contributed by atoms with Crippen molar-refractivity contribution >= 4 is 5.91 Å². The van der Waals surface area contributed by atoms with Crippen LogP contribution in [0.3, 0.4) is 0 Å². The van der Waals surface area contributed by atoms with E-state index in [2.05, 4.69) is 6.58 Å². The minimum atomic E-state index is -0.588. The molecule has 0 saturated carbocycles. The lowest BCUT2D eigenvalue weighted by atomic mass is 10.1. The molecule has 0 heterocycles. The van der Waals surface area contributed by atoms with Gasteiger partial charge in [0.25, 0.3) is 0 Å². The molecule has 2 N–H and O–H groups in total. The average molecular weight is 232 g/mol. The Hall–Kier alpha value is -1.61. The van der Waals surface area contributed by atoms with Gasteiger partial charge in [-0.1, -0.05) is 42.5 Å². The molecule has 0 spiro atoms. The molecule has 0 fully saturated rings. The molecule has 3 nitrogen and oxygen atoms in total. The summed E-state index contributed by atoms with van der Waals surface area (Å²) in [6.45, 7) is 8.88. The van der Waals surface area contributed by atoms with E-state index < -0.39 is 6.04 Å². The van der Waals surface area contributed by atoms with Crippen molar-refractivity contribution in [1.29, 1.82) is 0 Å². The fourth-order valence-electron chi connectivity index (χ4n) is 1.67. The summed E-state index contributed by atoms with van der Waals surface area (Å²) < 4.78 is 0. The summed E-state index contributed by atoms with van der Waals surface area (Å²) in [6.07, 6.45) is 0. The molecule has 1 atom stereocenters. The van der Waals surface area contributed by atoms with E-state index >= 15 is 0 Å². The summed E-state index contributed by atoms with van der Waals surface area (Å²) in [6, 6.07) is 8.84. The first-order chi connectivity index (χ1) is 8.06. The van der Waals surface area contributed by atoms with Gasteiger partial charge in [-0.05, 0) is 19.4 Å². The predicted molar refractivity (Wildman–Crippen MR) is 70.4 cm³/mol. The smallest absolute Gasteiger partial charge is 0.244 e. The monoisotopic (exact) mass is 232 g/mol. The molecule has 0 saturated heterocycles. The predicted octanol–water partition coefficient (Wildman–Crippen LogP) is 2.11. The number of nitrogens with zero attached hydrogens (tertiary/aromatic N) is 1. The van der Waals surface area contributed by atoms with Crippen LogP contribution in [0.15, 0.2) is 42.5 Å². The van der Waals surface area contributed by atoms with Crippen molar-refractivity contribution in [1.82, 2.24) is 4.90 Å². The second-order valence-electron chi connectivity index (χ2n) is 4.20. The summed E-state index contributed by atoms with van der Waals surface area (Å²) in [7, 11) is 0. The van der Waals surface area contributed by atoms with E-state index in [1.165, 1.54) is 0 Å². The third kappa shape index (κ3) is 3.71. The molecule has 1 aromatic carbocycles. The maximum absolute atomic E-state index is 12.2. The highest BCUT2D eigenvalue weighted by molar-refractivity contribution is 5.83. The molecule has 1 amide bonds. The largest absolute Gasteiger partial charge is 0.337 e. The first kappa shape index (κ1) is 13.5. The molecule has 0 unspecified atom stereocenters. The summed E-state index contributed by atoms with van der Waals surface area (Å²) in [4.78, 5) is 13.9. The Bertz CT molecular complexity index is 386. The third-order valence-corrected chi connectivity index (χ3v) is 2.58. The number of carbonyl (C=O) groups excluding carboxylic acids is 1. The van der Waals surface area contributed by atoms with E-state index in [1.54, 1.807) is 4.90 Å². The van der Waals surface area contributed by atoms with Crippen molar-refractivity contribution in [2.24, 2.45) is 5.73 Å². The normalized spacial score (nSPS) is 11.9. The first-order valence-corrected chi connectivity index (χ1v) is 5.80. The second kappa shape index (κ2) is 6.21. The van der Waals surface area contributed by atoms with Gasteiger partial charge in [-0.15, -0.1) is 0 Å². The zero-order chi connectivity index (χ0) is 12.8. The van der Waals surface area contributed by atoms with E-state index in [4.69, 9.17) is 5.73 Å². The van der Waals surface area contributed by atoms with Crippen molar-refractivity contribution in [2.45, 2.75) is 19.9 Å². The molecule has 0 aliphatic carbocycles. The van der Waals surface area contributed by atoms with Crippen LogP contribution in [-0.4, -0.2) is 23.9 Å². The van der Waals surface area contributed by atoms with Crippen LogP contribution in [0, 0.1) is 0 Å². The van der Waals surface area contributed by atoms with Crippen molar-refractivity contribution in [3.63, 3.8) is 0 Å². The lowest BCUT2D eigenvalue weighted by Gasteiger charge is -2.24. The standard InChI is InChI=1S/C14H20N2O/c1-4-16(10-11(2)3)14(17)13(15)12-8-6-5-7-9-12/h5-9,13H,2,4,10,15H2,1,3H3/t13-/m0/s1. The number of nitrogens with two attached hydrogens (primary N) is 1. The van der Waals surface area contributed by atoms with Crippen LogP contribution in [0.1, 0.15) is 25.5 Å². The van der Waals surface area contributed by atoms with Crippen molar-refractivity contribution in [2.75, 3.05) is 13.1 Å². The minimum Gasteiger partial charge on any atom is -0.337 e. The Morgan fingerprint density at radius 3 is 2.47 bits per heavy atom. The summed E-state index contributed by atoms with van der Waals surface area (Å²) in [5, 5.41) is 0. The zero-order valence-corrected chi connectivity index (χ0v) is 10.5. The van der Waals surface area contributed by atoms with E-state index in [0.29, 0.717) is 13.1 Å². The maximum atomic E-state index is 12.2. The first-order valence-electron chi connectivity index (χ1n) is 5.80. The van der Waals surface area contributed by atoms with Crippen LogP contribution in [0.5, 0.6) is 0 Å². The summed E-state index contributed by atoms with van der Waals surface area (Å²) in [5.74, 6) is -0.0540. The number of rotatable bonds is 5. The van der Waals surface area contributed by atoms with Gasteiger partial charge in [-0.25, -0.2) is 0 Å². The van der Waals surface area contributed by atoms with E-state index in [0.717, 1.165) is 11.1 Å². The van der Waals surface area contributed by atoms with Crippen LogP contribution >= 0.6 is 0 Å². The second-order valence-corrected chi connectivity index (χ2v) is 4.20. The minimum absolute atomic E-state index is 0.0540. The van der Waals surface area contributed by atoms with Crippen molar-refractivity contribution in [3.8, 4) is 0 Å². The molecule has 92 valence electrons. The van der Waals surface area contributed by atoms with Gasteiger partial charge in [-0.3, -0.25) is 4.79 Å². The van der Waals surface area contributed by atoms with Gasteiger partial charge in [0.15, 0.2) is 0 Å². The molecule has 0 aromatic heterocycles. The summed E-state index contributed by atoms with van der Waals surface area (Å²) in [5.41, 5.74) is 7.77. The Labute approximate surface area is 103 Å². The van der Waals surface area contributed by atoms with E-state index in [9.17, 15) is 4.79 Å². The Kier molecular flexibility index (Phi) is 4.91. The van der Waals surface area contributed by atoms with Crippen LogP contribution in [0.25, 0.3) is 0 Å². The van der Waals surface area contributed by atoms with Crippen LogP contribution in [0.2, 0.25) is 0 Å². The fourth-order valence-corrected chi connectivity index (χ4v) is 1.67. The van der Waals surface area contributed by atoms with Crippen molar-refractivity contribution < 1.29 is 4.79 Å². The lowest BCUT2D eigenvalue weighted by Crippen LogP contribution is -2.39. The summed E-state index contributed by atoms with van der Waals surface area (Å²) >= 11 is 0. The number of hydrogen-bond acceptors (Lipinski definition) is 2. The quantitative estimate of drug-likeness (QED) is 0.790. The van der Waals surface area contributed by atoms with Gasteiger partial charge in [0.1, 0.15) is 6.04 Å². The molecule has 0 bridgehead atoms. The lowest BCUT2D eigenvalue weighted by molar-refractivity contribution is -0.132. The highest BCUT2D eigenvalue weighted by Crippen LogP contribution is 2.13. The van der Waals surface area contributed by atoms with Crippen LogP contribution in [-0.2, 0) is 4.79 Å². The van der Waals surface area contributed by atoms with Crippen molar-refractivity contribution in [3.05, 3.63) is 48.0 Å². The molecule has 3 heteroatoms. The van der Waals surface area contributed by atoms with Gasteiger partial charge in [0.2, 0.25) is 5.91 Å². The third-order valence-electron chi connectivity index (χ3n) is 2.58. The Morgan fingerprint density at radius 2 is 2.00 bits per heavy atom. The highest BCUT2D eigenvalue weighted by atomic mass is 16.2. The van der Waals surface area contributed by atoms with Crippen LogP contribution < -0.4 is 5.73 Å². The van der Waals surface area contributed by atoms with Gasteiger partial charge in [-0.2, -0.15) is 0 Å². The SMILES string of the molecule is C=C(C)CN(CC)C(=O)[C@@H](N)c1ccccc1.